The van der Waals surface area contributed by atoms with Crippen LogP contribution < -0.4 is 14.5 Å². The molecule has 1 aromatic carbocycles. The molecule has 6 heteroatoms. The lowest BCUT2D eigenvalue weighted by atomic mass is 10.3. The first-order valence-corrected chi connectivity index (χ1v) is 4.49. The van der Waals surface area contributed by atoms with Gasteiger partial charge in [0.15, 0.2) is 5.95 Å². The first-order valence-electron chi connectivity index (χ1n) is 4.11. The fraction of sp³-hybridized carbons (Fsp3) is 0.111. The molecule has 0 saturated heterocycles. The van der Waals surface area contributed by atoms with Crippen molar-refractivity contribution in [2.24, 2.45) is 0 Å². The topological polar surface area (TPSA) is 62.2 Å². The van der Waals surface area contributed by atoms with E-state index in [1.165, 1.54) is 4.68 Å². The lowest BCUT2D eigenvalue weighted by Gasteiger charge is -1.97. The zero-order valence-electron chi connectivity index (χ0n) is 7.81. The van der Waals surface area contributed by atoms with E-state index in [1.807, 2.05) is 0 Å². The number of hydrogen-bond donors (Lipinski definition) is 0. The highest BCUT2D eigenvalue weighted by Crippen LogP contribution is 2.18. The Morgan fingerprint density at radius 2 is 2.33 bits per heavy atom. The number of ether oxygens (including phenoxy) is 1. The average Bonchev–Trinajstić information content (AvgIpc) is 2.60. The summed E-state index contributed by atoms with van der Waals surface area (Å²) in [7, 11) is 1.55. The highest BCUT2D eigenvalue weighted by molar-refractivity contribution is 6.29. The van der Waals surface area contributed by atoms with E-state index in [4.69, 9.17) is 16.3 Å². The maximum Gasteiger partial charge on any atom is 0.332 e. The molecule has 0 amide bonds. The lowest BCUT2D eigenvalue weighted by molar-refractivity contribution is -0.668. The Hall–Kier alpha value is -1.75. The first kappa shape index (κ1) is 9.79. The number of rotatable bonds is 2. The fourth-order valence-corrected chi connectivity index (χ4v) is 1.30. The zero-order valence-corrected chi connectivity index (χ0v) is 8.56. The Morgan fingerprint density at radius 3 is 2.93 bits per heavy atom. The van der Waals surface area contributed by atoms with Crippen molar-refractivity contribution in [2.45, 2.75) is 0 Å². The third kappa shape index (κ3) is 1.73. The molecule has 0 spiro atoms. The quantitative estimate of drug-likeness (QED) is 0.707. The summed E-state index contributed by atoms with van der Waals surface area (Å²) in [5, 5.41) is 14.4. The van der Waals surface area contributed by atoms with E-state index in [1.54, 1.807) is 31.4 Å². The molecule has 0 aliphatic carbocycles. The van der Waals surface area contributed by atoms with Crippen LogP contribution in [0, 0.1) is 0 Å². The summed E-state index contributed by atoms with van der Waals surface area (Å²) in [6.07, 6.45) is 0. The Labute approximate surface area is 90.4 Å². The third-order valence-corrected chi connectivity index (χ3v) is 2.17. The van der Waals surface area contributed by atoms with Crippen LogP contribution in [-0.2, 0) is 0 Å². The SMILES string of the molecule is COc1cccc(-[n+]2noc([O-])c2Cl)c1. The molecule has 0 saturated carbocycles. The van der Waals surface area contributed by atoms with Crippen molar-refractivity contribution in [2.75, 3.05) is 7.11 Å². The van der Waals surface area contributed by atoms with Crippen LogP contribution in [0.1, 0.15) is 0 Å². The number of aromatic nitrogens is 2. The number of halogens is 1. The molecule has 78 valence electrons. The van der Waals surface area contributed by atoms with Gasteiger partial charge >= 0.3 is 5.15 Å². The molecule has 2 rings (SSSR count). The minimum Gasteiger partial charge on any atom is -0.538 e. The summed E-state index contributed by atoms with van der Waals surface area (Å²) in [5.41, 5.74) is 0.602. The minimum absolute atomic E-state index is 0.0942. The van der Waals surface area contributed by atoms with Gasteiger partial charge in [0.1, 0.15) is 5.75 Å². The number of benzene rings is 1. The molecule has 1 aromatic heterocycles. The smallest absolute Gasteiger partial charge is 0.332 e. The summed E-state index contributed by atoms with van der Waals surface area (Å²) in [6, 6.07) is 6.96. The second-order valence-electron chi connectivity index (χ2n) is 2.76. The summed E-state index contributed by atoms with van der Waals surface area (Å²) < 4.78 is 10.6. The van der Waals surface area contributed by atoms with E-state index in [0.717, 1.165) is 0 Å². The van der Waals surface area contributed by atoms with Crippen LogP contribution in [0.4, 0.5) is 0 Å². The number of methoxy groups -OCH3 is 1. The van der Waals surface area contributed by atoms with Crippen LogP contribution >= 0.6 is 11.6 Å². The van der Waals surface area contributed by atoms with E-state index >= 15 is 0 Å². The van der Waals surface area contributed by atoms with Gasteiger partial charge in [-0.25, -0.2) is 0 Å². The van der Waals surface area contributed by atoms with E-state index in [2.05, 4.69) is 9.79 Å². The second-order valence-corrected chi connectivity index (χ2v) is 3.12. The monoisotopic (exact) mass is 226 g/mol. The van der Waals surface area contributed by atoms with Crippen molar-refractivity contribution >= 4 is 11.6 Å². The molecule has 0 aliphatic rings. The Balaban J connectivity index is 2.49. The van der Waals surface area contributed by atoms with E-state index < -0.39 is 5.95 Å². The van der Waals surface area contributed by atoms with Crippen LogP contribution in [0.2, 0.25) is 5.15 Å². The van der Waals surface area contributed by atoms with Crippen LogP contribution in [0.5, 0.6) is 11.7 Å². The maximum atomic E-state index is 11.0. The Morgan fingerprint density at radius 1 is 1.53 bits per heavy atom. The average molecular weight is 227 g/mol. The molecule has 0 unspecified atom stereocenters. The van der Waals surface area contributed by atoms with Gasteiger partial charge in [0.05, 0.1) is 18.4 Å². The van der Waals surface area contributed by atoms with Gasteiger partial charge in [0, 0.05) is 6.07 Å². The normalized spacial score (nSPS) is 10.3. The summed E-state index contributed by atoms with van der Waals surface area (Å²) in [6.45, 7) is 0. The fourth-order valence-electron chi connectivity index (χ4n) is 1.14. The standard InChI is InChI=1S/C9H7ClN2O3/c1-14-7-4-2-3-6(5-7)12-8(10)9(13)15-11-12/h2-5H,1H3. The van der Waals surface area contributed by atoms with Crippen molar-refractivity contribution in [3.05, 3.63) is 29.4 Å². The molecule has 0 bridgehead atoms. The largest absolute Gasteiger partial charge is 0.538 e. The van der Waals surface area contributed by atoms with Gasteiger partial charge in [-0.15, -0.1) is 0 Å². The van der Waals surface area contributed by atoms with Crippen molar-refractivity contribution in [3.8, 4) is 17.4 Å². The van der Waals surface area contributed by atoms with Crippen molar-refractivity contribution in [3.63, 3.8) is 0 Å². The van der Waals surface area contributed by atoms with Gasteiger partial charge in [0.25, 0.3) is 0 Å². The Bertz CT molecular complexity index is 484. The molecule has 0 atom stereocenters. The molecule has 15 heavy (non-hydrogen) atoms. The summed E-state index contributed by atoms with van der Waals surface area (Å²) >= 11 is 5.69. The number of hydrogen-bond acceptors (Lipinski definition) is 4. The molecular formula is C9H7ClN2O3. The van der Waals surface area contributed by atoms with Gasteiger partial charge in [-0.05, 0) is 22.3 Å². The van der Waals surface area contributed by atoms with Crippen molar-refractivity contribution in [1.82, 2.24) is 5.27 Å². The number of nitrogens with zero attached hydrogens (tertiary/aromatic N) is 2. The second kappa shape index (κ2) is 3.78. The van der Waals surface area contributed by atoms with Crippen LogP contribution in [0.3, 0.4) is 0 Å². The summed E-state index contributed by atoms with van der Waals surface area (Å²) in [4.78, 5) is 0. The third-order valence-electron chi connectivity index (χ3n) is 1.86. The van der Waals surface area contributed by atoms with E-state index in [-0.39, 0.29) is 5.15 Å². The molecule has 5 nitrogen and oxygen atoms in total. The van der Waals surface area contributed by atoms with Crippen molar-refractivity contribution < 1.29 is 19.0 Å². The summed E-state index contributed by atoms with van der Waals surface area (Å²) in [5.74, 6) is -0.0222. The van der Waals surface area contributed by atoms with Gasteiger partial charge in [-0.1, -0.05) is 6.07 Å². The highest BCUT2D eigenvalue weighted by Gasteiger charge is 2.18. The first-order chi connectivity index (χ1) is 7.22. The van der Waals surface area contributed by atoms with Gasteiger partial charge in [-0.2, -0.15) is 0 Å². The zero-order chi connectivity index (χ0) is 10.8. The molecule has 0 radical (unpaired) electrons. The van der Waals surface area contributed by atoms with Crippen LogP contribution in [-0.4, -0.2) is 12.4 Å². The minimum atomic E-state index is -0.667. The molecule has 1 heterocycles. The molecular weight excluding hydrogens is 220 g/mol. The van der Waals surface area contributed by atoms with E-state index in [0.29, 0.717) is 11.4 Å². The van der Waals surface area contributed by atoms with Gasteiger partial charge in [0.2, 0.25) is 5.69 Å². The van der Waals surface area contributed by atoms with Gasteiger partial charge < -0.3 is 14.4 Å². The highest BCUT2D eigenvalue weighted by atomic mass is 35.5. The lowest BCUT2D eigenvalue weighted by Crippen LogP contribution is -2.33. The Kier molecular flexibility index (Phi) is 2.47. The van der Waals surface area contributed by atoms with Crippen molar-refractivity contribution in [1.29, 1.82) is 0 Å². The molecule has 0 fully saturated rings. The molecule has 0 N–H and O–H groups in total. The maximum absolute atomic E-state index is 11.0. The van der Waals surface area contributed by atoms with E-state index in [9.17, 15) is 5.11 Å². The predicted molar refractivity (Wildman–Crippen MR) is 49.0 cm³/mol. The van der Waals surface area contributed by atoms with Gasteiger partial charge in [-0.3, -0.25) is 0 Å². The molecule has 0 aliphatic heterocycles. The van der Waals surface area contributed by atoms with Crippen LogP contribution in [0.15, 0.2) is 28.8 Å². The van der Waals surface area contributed by atoms with Crippen LogP contribution in [0.25, 0.3) is 5.69 Å². The molecule has 2 aromatic rings. The predicted octanol–water partition coefficient (Wildman–Crippen LogP) is 0.687.